The van der Waals surface area contributed by atoms with Crippen LogP contribution in [-0.2, 0) is 6.54 Å². The highest BCUT2D eigenvalue weighted by molar-refractivity contribution is 6.39. The Balaban J connectivity index is 1.23. The number of halogens is 2. The number of hydrogen-bond acceptors (Lipinski definition) is 7. The van der Waals surface area contributed by atoms with Gasteiger partial charge in [-0.2, -0.15) is 5.10 Å². The number of unbranched alkanes of at least 4 members (excludes halogenated alkanes) is 3. The molecule has 2 saturated carbocycles. The SMILES string of the molecule is CCn1nc(-c2cccc(-c3cc(C(=O)NC4CC4)cc(C(=O)NC4CCC(C)C(CCCCCCO)CC4)c3)c2)cc(NC(=O)Nc2c(Cl)cncc2Cl)c1=O. The van der Waals surface area contributed by atoms with Crippen LogP contribution in [0, 0.1) is 11.8 Å². The Bertz CT molecular complexity index is 2120. The van der Waals surface area contributed by atoms with E-state index in [-0.39, 0.29) is 58.5 Å². The van der Waals surface area contributed by atoms with Crippen LogP contribution in [-0.4, -0.2) is 56.4 Å². The maximum Gasteiger partial charge on any atom is 0.323 e. The van der Waals surface area contributed by atoms with Gasteiger partial charge in [-0.1, -0.05) is 74.0 Å². The quantitative estimate of drug-likeness (QED) is 0.0591. The summed E-state index contributed by atoms with van der Waals surface area (Å²) in [6.07, 6.45) is 13.9. The molecular weight excluding hydrogens is 765 g/mol. The Kier molecular flexibility index (Phi) is 14.4. The lowest BCUT2D eigenvalue weighted by Crippen LogP contribution is -2.34. The number of aliphatic hydroxyl groups excluding tert-OH is 1. The lowest BCUT2D eigenvalue weighted by Gasteiger charge is -2.21. The van der Waals surface area contributed by atoms with E-state index >= 15 is 0 Å². The van der Waals surface area contributed by atoms with Crippen molar-refractivity contribution < 1.29 is 19.5 Å². The summed E-state index contributed by atoms with van der Waals surface area (Å²) in [5, 5.41) is 25.5. The molecule has 3 atom stereocenters. The van der Waals surface area contributed by atoms with Gasteiger partial charge in [-0.3, -0.25) is 19.4 Å². The Hall–Kier alpha value is -4.78. The van der Waals surface area contributed by atoms with Gasteiger partial charge in [-0.15, -0.1) is 0 Å². The molecule has 2 heterocycles. The van der Waals surface area contributed by atoms with E-state index in [0.717, 1.165) is 69.8 Å². The van der Waals surface area contributed by atoms with Crippen molar-refractivity contribution in [3.05, 3.63) is 92.5 Å². The van der Waals surface area contributed by atoms with Gasteiger partial charge in [0.25, 0.3) is 17.4 Å². The maximum atomic E-state index is 14.0. The van der Waals surface area contributed by atoms with Crippen molar-refractivity contribution >= 4 is 52.4 Å². The number of amides is 4. The van der Waals surface area contributed by atoms with Crippen LogP contribution >= 0.6 is 23.2 Å². The Morgan fingerprint density at radius 1 is 0.789 bits per heavy atom. The van der Waals surface area contributed by atoms with Gasteiger partial charge in [0.15, 0.2) is 0 Å². The molecule has 3 unspecified atom stereocenters. The summed E-state index contributed by atoms with van der Waals surface area (Å²) in [7, 11) is 0. The second-order valence-electron chi connectivity index (χ2n) is 15.2. The summed E-state index contributed by atoms with van der Waals surface area (Å²) in [4.78, 5) is 57.5. The zero-order valence-electron chi connectivity index (χ0n) is 32.5. The number of nitrogens with zero attached hydrogens (tertiary/aromatic N) is 3. The van der Waals surface area contributed by atoms with Crippen LogP contribution in [0.4, 0.5) is 16.2 Å². The molecule has 4 amide bonds. The normalized spacial score (nSPS) is 18.0. The van der Waals surface area contributed by atoms with E-state index in [4.69, 9.17) is 28.3 Å². The maximum absolute atomic E-state index is 14.0. The largest absolute Gasteiger partial charge is 0.396 e. The summed E-state index contributed by atoms with van der Waals surface area (Å²) in [6, 6.07) is 13.7. The number of anilines is 2. The van der Waals surface area contributed by atoms with Crippen LogP contribution in [0.2, 0.25) is 10.0 Å². The van der Waals surface area contributed by atoms with Crippen molar-refractivity contribution in [2.24, 2.45) is 11.8 Å². The molecule has 0 saturated heterocycles. The van der Waals surface area contributed by atoms with E-state index in [1.54, 1.807) is 19.1 Å². The van der Waals surface area contributed by atoms with Crippen molar-refractivity contribution in [1.82, 2.24) is 25.4 Å². The first-order valence-electron chi connectivity index (χ1n) is 20.0. The number of nitrogens with one attached hydrogen (secondary N) is 4. The summed E-state index contributed by atoms with van der Waals surface area (Å²) in [6.45, 7) is 4.59. The predicted molar refractivity (Wildman–Crippen MR) is 225 cm³/mol. The van der Waals surface area contributed by atoms with Gasteiger partial charge in [0.05, 0.1) is 21.4 Å². The third kappa shape index (κ3) is 11.2. The lowest BCUT2D eigenvalue weighted by atomic mass is 9.85. The van der Waals surface area contributed by atoms with Crippen molar-refractivity contribution in [2.75, 3.05) is 17.2 Å². The third-order valence-electron chi connectivity index (χ3n) is 11.0. The second-order valence-corrected chi connectivity index (χ2v) is 16.1. The van der Waals surface area contributed by atoms with Gasteiger partial charge in [0.1, 0.15) is 5.69 Å². The average molecular weight is 817 g/mol. The minimum atomic E-state index is -0.730. The lowest BCUT2D eigenvalue weighted by molar-refractivity contribution is 0.0933. The molecule has 0 spiro atoms. The molecule has 2 aliphatic rings. The van der Waals surface area contributed by atoms with Crippen molar-refractivity contribution in [1.29, 1.82) is 0 Å². The molecule has 2 fully saturated rings. The summed E-state index contributed by atoms with van der Waals surface area (Å²) in [5.41, 5.74) is 2.91. The topological polar surface area (TPSA) is 167 Å². The molecule has 5 N–H and O–H groups in total. The van der Waals surface area contributed by atoms with Gasteiger partial charge in [0.2, 0.25) is 0 Å². The van der Waals surface area contributed by atoms with Gasteiger partial charge >= 0.3 is 6.03 Å². The first kappa shape index (κ1) is 41.8. The van der Waals surface area contributed by atoms with Gasteiger partial charge in [-0.25, -0.2) is 9.48 Å². The van der Waals surface area contributed by atoms with Crippen molar-refractivity contribution in [2.45, 2.75) is 103 Å². The number of hydrogen-bond donors (Lipinski definition) is 5. The van der Waals surface area contributed by atoms with Crippen molar-refractivity contribution in [3.8, 4) is 22.4 Å². The molecule has 0 aliphatic heterocycles. The molecule has 302 valence electrons. The summed E-state index contributed by atoms with van der Waals surface area (Å²) < 4.78 is 1.25. The highest BCUT2D eigenvalue weighted by Crippen LogP contribution is 2.34. The number of carbonyl (C=O) groups is 3. The fourth-order valence-electron chi connectivity index (χ4n) is 7.45. The molecule has 14 heteroatoms. The van der Waals surface area contributed by atoms with E-state index in [1.807, 2.05) is 30.3 Å². The monoisotopic (exact) mass is 815 g/mol. The van der Waals surface area contributed by atoms with Gasteiger partial charge < -0.3 is 26.4 Å². The highest BCUT2D eigenvalue weighted by Gasteiger charge is 2.27. The standard InChI is InChI=1S/C43H51Cl2N7O5/c1-3-52-42(56)38(49-43(57)50-39-35(44)24-46-25-36(39)45)23-37(51-52)29-11-8-10-28(19-29)30-20-31(22-32(21-30)41(55)48-34-16-17-34)40(54)47-33-14-12-26(2)27(13-15-33)9-6-4-5-7-18-53/h8,10-11,19-27,33-34,53H,3-7,9,12-18H2,1-2H3,(H,47,54)(H,48,55)(H2,46,49,50,57). The average Bonchev–Trinajstić information content (AvgIpc) is 4.05. The molecule has 0 bridgehead atoms. The second kappa shape index (κ2) is 19.6. The van der Waals surface area contributed by atoms with Crippen LogP contribution in [0.3, 0.4) is 0 Å². The fourth-order valence-corrected chi connectivity index (χ4v) is 7.91. The number of aliphatic hydroxyl groups is 1. The molecule has 2 aromatic heterocycles. The Morgan fingerprint density at radius 2 is 1.42 bits per heavy atom. The summed E-state index contributed by atoms with van der Waals surface area (Å²) in [5.74, 6) is 0.761. The molecule has 2 aromatic carbocycles. The number of pyridine rings is 1. The van der Waals surface area contributed by atoms with Crippen LogP contribution in [0.25, 0.3) is 22.4 Å². The van der Waals surface area contributed by atoms with Gasteiger partial charge in [0, 0.05) is 54.3 Å². The zero-order chi connectivity index (χ0) is 40.5. The third-order valence-corrected chi connectivity index (χ3v) is 11.5. The first-order valence-corrected chi connectivity index (χ1v) is 20.8. The predicted octanol–water partition coefficient (Wildman–Crippen LogP) is 8.70. The number of benzene rings is 2. The van der Waals surface area contributed by atoms with Crippen LogP contribution < -0.4 is 26.8 Å². The van der Waals surface area contributed by atoms with E-state index < -0.39 is 11.6 Å². The summed E-state index contributed by atoms with van der Waals surface area (Å²) >= 11 is 12.3. The Labute approximate surface area is 343 Å². The van der Waals surface area contributed by atoms with Crippen LogP contribution in [0.15, 0.2) is 65.7 Å². The fraction of sp³-hybridized carbons (Fsp3) is 0.442. The molecular formula is C43H51Cl2N7O5. The molecule has 0 radical (unpaired) electrons. The number of urea groups is 1. The smallest absolute Gasteiger partial charge is 0.323 e. The zero-order valence-corrected chi connectivity index (χ0v) is 34.0. The number of rotatable bonds is 15. The number of aryl methyl sites for hydroxylation is 1. The molecule has 12 nitrogen and oxygen atoms in total. The van der Waals surface area contributed by atoms with Crippen LogP contribution in [0.5, 0.6) is 0 Å². The van der Waals surface area contributed by atoms with E-state index in [2.05, 4.69) is 38.3 Å². The van der Waals surface area contributed by atoms with E-state index in [0.29, 0.717) is 39.8 Å². The molecule has 2 aliphatic carbocycles. The molecule has 57 heavy (non-hydrogen) atoms. The van der Waals surface area contributed by atoms with E-state index in [1.165, 1.54) is 29.6 Å². The van der Waals surface area contributed by atoms with Crippen molar-refractivity contribution in [3.63, 3.8) is 0 Å². The minimum absolute atomic E-state index is 0.0129. The minimum Gasteiger partial charge on any atom is -0.396 e. The number of aromatic nitrogens is 3. The van der Waals surface area contributed by atoms with E-state index in [9.17, 15) is 19.2 Å². The van der Waals surface area contributed by atoms with Crippen LogP contribution in [0.1, 0.15) is 105 Å². The van der Waals surface area contributed by atoms with Gasteiger partial charge in [-0.05, 0) is 105 Å². The molecule has 6 rings (SSSR count). The highest BCUT2D eigenvalue weighted by atomic mass is 35.5. The first-order chi connectivity index (χ1) is 27.5. The Morgan fingerprint density at radius 3 is 2.07 bits per heavy atom. The molecule has 4 aromatic rings. The number of carbonyl (C=O) groups excluding carboxylic acids is 3.